The van der Waals surface area contributed by atoms with Gasteiger partial charge in [-0.1, -0.05) is 32.0 Å². The molecule has 1 aromatic rings. The van der Waals surface area contributed by atoms with Crippen LogP contribution in [-0.2, 0) is 9.59 Å². The molecule has 30 heavy (non-hydrogen) atoms. The Morgan fingerprint density at radius 3 is 2.33 bits per heavy atom. The quantitative estimate of drug-likeness (QED) is 0.639. The van der Waals surface area contributed by atoms with Crippen LogP contribution >= 0.6 is 11.8 Å². The number of hydrogen-bond acceptors (Lipinski definition) is 4. The van der Waals surface area contributed by atoms with Crippen LogP contribution in [0.25, 0.3) is 0 Å². The maximum Gasteiger partial charge on any atom is 0.232 e. The largest absolute Gasteiger partial charge is 0.356 e. The highest BCUT2D eigenvalue weighted by atomic mass is 32.2. The first-order chi connectivity index (χ1) is 14.5. The van der Waals surface area contributed by atoms with E-state index in [1.54, 1.807) is 11.8 Å². The fourth-order valence-corrected chi connectivity index (χ4v) is 5.21. The second kappa shape index (κ2) is 11.8. The predicted octanol–water partition coefficient (Wildman–Crippen LogP) is 3.64. The van der Waals surface area contributed by atoms with E-state index in [0.717, 1.165) is 69.7 Å². The number of hydrogen-bond donors (Lipinski definition) is 1. The van der Waals surface area contributed by atoms with E-state index in [1.165, 1.54) is 0 Å². The summed E-state index contributed by atoms with van der Waals surface area (Å²) in [5, 5.41) is 3.12. The van der Waals surface area contributed by atoms with Gasteiger partial charge in [-0.05, 0) is 63.2 Å². The molecule has 166 valence electrons. The third-order valence-corrected chi connectivity index (χ3v) is 7.36. The molecule has 2 saturated heterocycles. The van der Waals surface area contributed by atoms with Crippen molar-refractivity contribution in [1.29, 1.82) is 0 Å². The highest BCUT2D eigenvalue weighted by Crippen LogP contribution is 2.25. The van der Waals surface area contributed by atoms with Gasteiger partial charge in [-0.25, -0.2) is 0 Å². The number of thioether (sulfide) groups is 1. The molecule has 2 fully saturated rings. The van der Waals surface area contributed by atoms with Crippen LogP contribution in [0.5, 0.6) is 0 Å². The molecule has 5 nitrogen and oxygen atoms in total. The normalized spacial score (nSPS) is 19.2. The maximum atomic E-state index is 12.5. The van der Waals surface area contributed by atoms with E-state index in [-0.39, 0.29) is 17.7 Å². The van der Waals surface area contributed by atoms with Crippen LogP contribution in [0.4, 0.5) is 0 Å². The lowest BCUT2D eigenvalue weighted by molar-refractivity contribution is -0.130. The van der Waals surface area contributed by atoms with Gasteiger partial charge in [0, 0.05) is 36.5 Å². The highest BCUT2D eigenvalue weighted by Gasteiger charge is 2.31. The SMILES string of the molecule is CC(C)CCNC(=O)C1CCN(C2CCN(C(=O)CSc3ccccc3)CC2)CC1. The smallest absolute Gasteiger partial charge is 0.232 e. The van der Waals surface area contributed by atoms with E-state index < -0.39 is 0 Å². The number of amides is 2. The Labute approximate surface area is 186 Å². The van der Waals surface area contributed by atoms with Crippen molar-refractivity contribution in [3.05, 3.63) is 30.3 Å². The Kier molecular flexibility index (Phi) is 9.06. The fourth-order valence-electron chi connectivity index (χ4n) is 4.39. The number of rotatable bonds is 8. The van der Waals surface area contributed by atoms with Gasteiger partial charge in [0.1, 0.15) is 0 Å². The summed E-state index contributed by atoms with van der Waals surface area (Å²) in [5.41, 5.74) is 0. The number of nitrogens with zero attached hydrogens (tertiary/aromatic N) is 2. The van der Waals surface area contributed by atoms with Gasteiger partial charge in [0.2, 0.25) is 11.8 Å². The van der Waals surface area contributed by atoms with Crippen LogP contribution < -0.4 is 5.32 Å². The first kappa shape index (κ1) is 23.1. The topological polar surface area (TPSA) is 52.7 Å². The number of benzene rings is 1. The van der Waals surface area contributed by atoms with Crippen LogP contribution in [-0.4, -0.2) is 66.1 Å². The molecule has 2 heterocycles. The zero-order valence-electron chi connectivity index (χ0n) is 18.5. The lowest BCUT2D eigenvalue weighted by Gasteiger charge is -2.41. The van der Waals surface area contributed by atoms with E-state index in [4.69, 9.17) is 0 Å². The molecule has 0 saturated carbocycles. The van der Waals surface area contributed by atoms with Crippen molar-refractivity contribution in [3.63, 3.8) is 0 Å². The van der Waals surface area contributed by atoms with Crippen molar-refractivity contribution in [2.75, 3.05) is 38.5 Å². The van der Waals surface area contributed by atoms with Gasteiger partial charge in [0.25, 0.3) is 0 Å². The zero-order valence-corrected chi connectivity index (χ0v) is 19.3. The third kappa shape index (κ3) is 7.02. The molecular formula is C24H37N3O2S. The highest BCUT2D eigenvalue weighted by molar-refractivity contribution is 8.00. The van der Waals surface area contributed by atoms with Gasteiger partial charge in [-0.2, -0.15) is 0 Å². The van der Waals surface area contributed by atoms with Crippen LogP contribution in [0, 0.1) is 11.8 Å². The Morgan fingerprint density at radius 1 is 1.03 bits per heavy atom. The minimum absolute atomic E-state index is 0.171. The minimum atomic E-state index is 0.171. The van der Waals surface area contributed by atoms with Crippen molar-refractivity contribution in [2.45, 2.75) is 56.9 Å². The summed E-state index contributed by atoms with van der Waals surface area (Å²) in [5.74, 6) is 1.81. The lowest BCUT2D eigenvalue weighted by Crippen LogP contribution is -2.50. The predicted molar refractivity (Wildman–Crippen MR) is 124 cm³/mol. The second-order valence-corrected chi connectivity index (χ2v) is 10.0. The number of carbonyl (C=O) groups excluding carboxylic acids is 2. The summed E-state index contributed by atoms with van der Waals surface area (Å²) >= 11 is 1.62. The van der Waals surface area contributed by atoms with Crippen molar-refractivity contribution >= 4 is 23.6 Å². The second-order valence-electron chi connectivity index (χ2n) is 9.00. The van der Waals surface area contributed by atoms with Crippen LogP contribution in [0.2, 0.25) is 0 Å². The zero-order chi connectivity index (χ0) is 21.3. The average molecular weight is 432 g/mol. The van der Waals surface area contributed by atoms with E-state index in [2.05, 4.69) is 36.2 Å². The Balaban J connectivity index is 1.33. The van der Waals surface area contributed by atoms with Crippen LogP contribution in [0.1, 0.15) is 46.0 Å². The summed E-state index contributed by atoms with van der Waals surface area (Å²) in [6.07, 6.45) is 5.06. The molecule has 2 aliphatic heterocycles. The Morgan fingerprint density at radius 2 is 1.70 bits per heavy atom. The standard InChI is InChI=1S/C24H37N3O2S/c1-19(2)8-13-25-24(29)20-9-14-26(15-10-20)21-11-16-27(17-12-21)23(28)18-30-22-6-4-3-5-7-22/h3-7,19-21H,8-18H2,1-2H3,(H,25,29). The number of piperidine rings is 2. The lowest BCUT2D eigenvalue weighted by atomic mass is 9.92. The van der Waals surface area contributed by atoms with Gasteiger partial charge in [0.05, 0.1) is 5.75 Å². The molecule has 1 aromatic carbocycles. The van der Waals surface area contributed by atoms with Gasteiger partial charge in [-0.15, -0.1) is 11.8 Å². The summed E-state index contributed by atoms with van der Waals surface area (Å²) in [7, 11) is 0. The minimum Gasteiger partial charge on any atom is -0.356 e. The molecule has 0 aromatic heterocycles. The molecule has 0 bridgehead atoms. The Hall–Kier alpha value is -1.53. The monoisotopic (exact) mass is 431 g/mol. The number of carbonyl (C=O) groups is 2. The summed E-state index contributed by atoms with van der Waals surface area (Å²) < 4.78 is 0. The molecule has 2 amide bonds. The van der Waals surface area contributed by atoms with E-state index in [9.17, 15) is 9.59 Å². The molecule has 3 rings (SSSR count). The first-order valence-corrected chi connectivity index (χ1v) is 12.5. The van der Waals surface area contributed by atoms with E-state index >= 15 is 0 Å². The molecule has 1 N–H and O–H groups in total. The number of likely N-dealkylation sites (tertiary alicyclic amines) is 2. The molecule has 0 atom stereocenters. The molecule has 2 aliphatic rings. The summed E-state index contributed by atoms with van der Waals surface area (Å²) in [4.78, 5) is 30.6. The van der Waals surface area contributed by atoms with Crippen LogP contribution in [0.3, 0.4) is 0 Å². The van der Waals surface area contributed by atoms with Crippen molar-refractivity contribution < 1.29 is 9.59 Å². The molecule has 0 radical (unpaired) electrons. The van der Waals surface area contributed by atoms with Crippen LogP contribution in [0.15, 0.2) is 35.2 Å². The fraction of sp³-hybridized carbons (Fsp3) is 0.667. The maximum absolute atomic E-state index is 12.5. The molecule has 0 spiro atoms. The van der Waals surface area contributed by atoms with Gasteiger partial charge in [0.15, 0.2) is 0 Å². The van der Waals surface area contributed by atoms with E-state index in [0.29, 0.717) is 17.7 Å². The van der Waals surface area contributed by atoms with Crippen molar-refractivity contribution in [1.82, 2.24) is 15.1 Å². The molecule has 0 aliphatic carbocycles. The first-order valence-electron chi connectivity index (χ1n) is 11.5. The summed E-state index contributed by atoms with van der Waals surface area (Å²) in [6.45, 7) is 8.89. The molecule has 6 heteroatoms. The summed E-state index contributed by atoms with van der Waals surface area (Å²) in [6, 6.07) is 10.7. The molecular weight excluding hydrogens is 394 g/mol. The van der Waals surface area contributed by atoms with Gasteiger partial charge in [-0.3, -0.25) is 9.59 Å². The average Bonchev–Trinajstić information content (AvgIpc) is 2.78. The third-order valence-electron chi connectivity index (χ3n) is 6.36. The Bertz CT molecular complexity index is 666. The van der Waals surface area contributed by atoms with Crippen molar-refractivity contribution in [3.8, 4) is 0 Å². The van der Waals surface area contributed by atoms with Gasteiger partial charge < -0.3 is 15.1 Å². The molecule has 0 unspecified atom stereocenters. The van der Waals surface area contributed by atoms with Gasteiger partial charge >= 0.3 is 0 Å². The number of nitrogens with one attached hydrogen (secondary N) is 1. The van der Waals surface area contributed by atoms with E-state index in [1.807, 2.05) is 23.1 Å². The van der Waals surface area contributed by atoms with Crippen molar-refractivity contribution in [2.24, 2.45) is 11.8 Å².